The quantitative estimate of drug-likeness (QED) is 0.795. The van der Waals surface area contributed by atoms with Crippen LogP contribution in [0.2, 0.25) is 0 Å². The van der Waals surface area contributed by atoms with Gasteiger partial charge in [-0.3, -0.25) is 14.5 Å². The first-order chi connectivity index (χ1) is 13.0. The predicted octanol–water partition coefficient (Wildman–Crippen LogP) is 4.39. The highest BCUT2D eigenvalue weighted by atomic mass is 16.2. The highest BCUT2D eigenvalue weighted by molar-refractivity contribution is 6.16. The highest BCUT2D eigenvalue weighted by Crippen LogP contribution is 2.41. The maximum Gasteiger partial charge on any atom is 0.253 e. The fourth-order valence-electron chi connectivity index (χ4n) is 4.46. The monoisotopic (exact) mass is 362 g/mol. The molecule has 4 rings (SSSR count). The number of carbonyl (C=O) groups excluding carboxylic acids is 2. The van der Waals surface area contributed by atoms with Gasteiger partial charge in [0.1, 0.15) is 12.1 Å². The fourth-order valence-corrected chi connectivity index (χ4v) is 4.46. The lowest BCUT2D eigenvalue weighted by molar-refractivity contribution is -0.133. The molecule has 1 saturated heterocycles. The van der Waals surface area contributed by atoms with Crippen molar-refractivity contribution in [2.24, 2.45) is 0 Å². The normalized spacial score (nSPS) is 19.6. The van der Waals surface area contributed by atoms with E-state index >= 15 is 0 Å². The lowest BCUT2D eigenvalue weighted by Gasteiger charge is -2.51. The van der Waals surface area contributed by atoms with Gasteiger partial charge in [0.2, 0.25) is 5.91 Å². The van der Waals surface area contributed by atoms with Gasteiger partial charge in [-0.25, -0.2) is 0 Å². The minimum absolute atomic E-state index is 0.000859. The number of piperazine rings is 1. The molecule has 2 amide bonds. The molecule has 140 valence electrons. The third kappa shape index (κ3) is 3.03. The zero-order valence-electron chi connectivity index (χ0n) is 16.1. The van der Waals surface area contributed by atoms with Crippen LogP contribution < -0.4 is 9.80 Å². The van der Waals surface area contributed by atoms with Crippen molar-refractivity contribution >= 4 is 23.2 Å². The van der Waals surface area contributed by atoms with Crippen molar-refractivity contribution in [1.82, 2.24) is 0 Å². The van der Waals surface area contributed by atoms with E-state index in [1.54, 1.807) is 9.80 Å². The Morgan fingerprint density at radius 2 is 1.26 bits per heavy atom. The smallest absolute Gasteiger partial charge is 0.253 e. The van der Waals surface area contributed by atoms with E-state index in [9.17, 15) is 9.59 Å². The number of hydrogen-bond donors (Lipinski definition) is 0. The van der Waals surface area contributed by atoms with E-state index in [1.165, 1.54) is 0 Å². The first kappa shape index (κ1) is 17.8. The van der Waals surface area contributed by atoms with Gasteiger partial charge in [-0.05, 0) is 51.0 Å². The van der Waals surface area contributed by atoms with Crippen molar-refractivity contribution in [3.05, 3.63) is 59.7 Å². The molecule has 2 aromatic rings. The van der Waals surface area contributed by atoms with Crippen molar-refractivity contribution in [2.45, 2.75) is 51.5 Å². The molecule has 1 aliphatic heterocycles. The molecular formula is C23H26N2O2. The summed E-state index contributed by atoms with van der Waals surface area (Å²) in [5.41, 5.74) is 3.18. The van der Waals surface area contributed by atoms with Gasteiger partial charge >= 0.3 is 0 Å². The second-order valence-corrected chi connectivity index (χ2v) is 7.88. The number of aryl methyl sites for hydroxylation is 2. The lowest BCUT2D eigenvalue weighted by atomic mass is 9.77. The van der Waals surface area contributed by atoms with E-state index in [0.29, 0.717) is 0 Å². The molecule has 2 fully saturated rings. The van der Waals surface area contributed by atoms with E-state index in [-0.39, 0.29) is 18.4 Å². The summed E-state index contributed by atoms with van der Waals surface area (Å²) in [6, 6.07) is 15.8. The van der Waals surface area contributed by atoms with Crippen LogP contribution in [0.4, 0.5) is 11.4 Å². The maximum atomic E-state index is 13.7. The Morgan fingerprint density at radius 3 is 1.81 bits per heavy atom. The van der Waals surface area contributed by atoms with Gasteiger partial charge in [0.05, 0.1) is 0 Å². The molecule has 0 bridgehead atoms. The van der Waals surface area contributed by atoms with Gasteiger partial charge in [-0.15, -0.1) is 0 Å². The molecule has 4 heteroatoms. The molecule has 0 atom stereocenters. The molecule has 2 aliphatic rings. The first-order valence-corrected chi connectivity index (χ1v) is 9.80. The molecule has 1 spiro atoms. The largest absolute Gasteiger partial charge is 0.301 e. The summed E-state index contributed by atoms with van der Waals surface area (Å²) in [4.78, 5) is 30.5. The van der Waals surface area contributed by atoms with Crippen LogP contribution in [0.3, 0.4) is 0 Å². The molecule has 27 heavy (non-hydrogen) atoms. The van der Waals surface area contributed by atoms with E-state index < -0.39 is 5.54 Å². The summed E-state index contributed by atoms with van der Waals surface area (Å²) in [6.07, 6.45) is 4.53. The Hall–Kier alpha value is -2.62. The Labute approximate surface area is 160 Å². The third-order valence-electron chi connectivity index (χ3n) is 5.93. The van der Waals surface area contributed by atoms with Crippen LogP contribution in [-0.4, -0.2) is 23.9 Å². The average molecular weight is 362 g/mol. The van der Waals surface area contributed by atoms with Gasteiger partial charge in [0.25, 0.3) is 5.91 Å². The Morgan fingerprint density at radius 1 is 0.741 bits per heavy atom. The van der Waals surface area contributed by atoms with E-state index in [2.05, 4.69) is 0 Å². The van der Waals surface area contributed by atoms with Gasteiger partial charge in [-0.1, -0.05) is 54.7 Å². The predicted molar refractivity (Wildman–Crippen MR) is 108 cm³/mol. The Bertz CT molecular complexity index is 849. The number of anilines is 2. The summed E-state index contributed by atoms with van der Waals surface area (Å²) in [5, 5.41) is 0. The molecule has 1 aliphatic carbocycles. The SMILES string of the molecule is Cc1ccc(N2CC(=O)N(c3ccc(C)cc3)C3(CCCCC3)C2=O)cc1. The van der Waals surface area contributed by atoms with Crippen molar-refractivity contribution in [1.29, 1.82) is 0 Å². The van der Waals surface area contributed by atoms with Gasteiger partial charge in [0.15, 0.2) is 0 Å². The maximum absolute atomic E-state index is 13.7. The minimum Gasteiger partial charge on any atom is -0.301 e. The topological polar surface area (TPSA) is 40.6 Å². The zero-order chi connectivity index (χ0) is 19.0. The van der Waals surface area contributed by atoms with Gasteiger partial charge in [0, 0.05) is 11.4 Å². The van der Waals surface area contributed by atoms with E-state index in [4.69, 9.17) is 0 Å². The summed E-state index contributed by atoms with van der Waals surface area (Å²) in [7, 11) is 0. The van der Waals surface area contributed by atoms with Gasteiger partial charge in [-0.2, -0.15) is 0 Å². The number of nitrogens with zero attached hydrogens (tertiary/aromatic N) is 2. The molecule has 2 aromatic carbocycles. The van der Waals surface area contributed by atoms with Gasteiger partial charge < -0.3 is 4.90 Å². The summed E-state index contributed by atoms with van der Waals surface area (Å²) < 4.78 is 0. The molecule has 0 aromatic heterocycles. The fraction of sp³-hybridized carbons (Fsp3) is 0.391. The standard InChI is InChI=1S/C23H26N2O2/c1-17-6-10-19(11-7-17)24-16-21(26)25(20-12-8-18(2)9-13-20)23(22(24)27)14-4-3-5-15-23/h6-13H,3-5,14-16H2,1-2H3. The number of amides is 2. The first-order valence-electron chi connectivity index (χ1n) is 9.80. The van der Waals surface area contributed by atoms with Crippen LogP contribution in [0, 0.1) is 13.8 Å². The van der Waals surface area contributed by atoms with Crippen LogP contribution in [0.25, 0.3) is 0 Å². The van der Waals surface area contributed by atoms with E-state index in [0.717, 1.165) is 54.6 Å². The molecule has 0 N–H and O–H groups in total. The molecule has 4 nitrogen and oxygen atoms in total. The Kier molecular flexibility index (Phi) is 4.50. The van der Waals surface area contributed by atoms with Crippen LogP contribution in [-0.2, 0) is 9.59 Å². The number of hydrogen-bond acceptors (Lipinski definition) is 2. The molecular weight excluding hydrogens is 336 g/mol. The lowest BCUT2D eigenvalue weighted by Crippen LogP contribution is -2.69. The third-order valence-corrected chi connectivity index (χ3v) is 5.93. The zero-order valence-corrected chi connectivity index (χ0v) is 16.1. The molecule has 1 saturated carbocycles. The number of carbonyl (C=O) groups is 2. The number of benzene rings is 2. The minimum atomic E-state index is -0.756. The van der Waals surface area contributed by atoms with Crippen LogP contribution in [0.5, 0.6) is 0 Å². The Balaban J connectivity index is 1.78. The van der Waals surface area contributed by atoms with Crippen LogP contribution in [0.15, 0.2) is 48.5 Å². The summed E-state index contributed by atoms with van der Waals surface area (Å²) in [5.74, 6) is 0.0622. The second kappa shape index (κ2) is 6.84. The molecule has 0 unspecified atom stereocenters. The van der Waals surface area contributed by atoms with Crippen molar-refractivity contribution in [3.63, 3.8) is 0 Å². The van der Waals surface area contributed by atoms with Crippen molar-refractivity contribution in [2.75, 3.05) is 16.3 Å². The average Bonchev–Trinajstić information content (AvgIpc) is 2.68. The molecule has 0 radical (unpaired) electrons. The van der Waals surface area contributed by atoms with Crippen LogP contribution in [0.1, 0.15) is 43.2 Å². The summed E-state index contributed by atoms with van der Waals surface area (Å²) >= 11 is 0. The van der Waals surface area contributed by atoms with E-state index in [1.807, 2.05) is 62.4 Å². The van der Waals surface area contributed by atoms with Crippen LogP contribution >= 0.6 is 0 Å². The van der Waals surface area contributed by atoms with Crippen molar-refractivity contribution < 1.29 is 9.59 Å². The highest BCUT2D eigenvalue weighted by Gasteiger charge is 2.53. The van der Waals surface area contributed by atoms with Crippen molar-refractivity contribution in [3.8, 4) is 0 Å². The number of rotatable bonds is 2. The second-order valence-electron chi connectivity index (χ2n) is 7.88. The molecule has 1 heterocycles. The summed E-state index contributed by atoms with van der Waals surface area (Å²) in [6.45, 7) is 4.15.